The van der Waals surface area contributed by atoms with Crippen LogP contribution in [-0.4, -0.2) is 35.1 Å². The molecular weight excluding hydrogens is 252 g/mol. The van der Waals surface area contributed by atoms with Crippen molar-refractivity contribution in [2.45, 2.75) is 19.4 Å². The molecule has 1 aromatic carbocycles. The number of anilines is 1. The first-order valence-electron chi connectivity index (χ1n) is 7.32. The molecule has 0 atom stereocenters. The highest BCUT2D eigenvalue weighted by molar-refractivity contribution is 5.96. The van der Waals surface area contributed by atoms with Crippen molar-refractivity contribution in [3.05, 3.63) is 24.3 Å². The van der Waals surface area contributed by atoms with Crippen molar-refractivity contribution in [2.75, 3.05) is 24.5 Å². The number of nitrogens with one attached hydrogen (secondary N) is 1. The number of hydrogen-bond donors (Lipinski definition) is 1. The van der Waals surface area contributed by atoms with Gasteiger partial charge in [0.25, 0.3) is 0 Å². The van der Waals surface area contributed by atoms with Crippen molar-refractivity contribution in [3.8, 4) is 0 Å². The van der Waals surface area contributed by atoms with Crippen molar-refractivity contribution < 1.29 is 4.79 Å². The molecule has 2 aliphatic rings. The maximum absolute atomic E-state index is 12.7. The molecule has 1 amide bonds. The molecule has 20 heavy (non-hydrogen) atoms. The largest absolute Gasteiger partial charge is 0.317 e. The summed E-state index contributed by atoms with van der Waals surface area (Å²) >= 11 is 0. The van der Waals surface area contributed by atoms with Gasteiger partial charge in [-0.25, -0.2) is 4.98 Å². The Hall–Kier alpha value is -1.88. The molecule has 0 bridgehead atoms. The van der Waals surface area contributed by atoms with E-state index in [9.17, 15) is 4.79 Å². The Labute approximate surface area is 117 Å². The third kappa shape index (κ3) is 1.73. The highest BCUT2D eigenvalue weighted by atomic mass is 16.2. The van der Waals surface area contributed by atoms with Crippen LogP contribution in [0.15, 0.2) is 24.3 Å². The molecule has 0 saturated carbocycles. The highest BCUT2D eigenvalue weighted by Crippen LogP contribution is 2.29. The van der Waals surface area contributed by atoms with Gasteiger partial charge in [-0.05, 0) is 38.1 Å². The molecule has 0 spiro atoms. The monoisotopic (exact) mass is 270 g/mol. The zero-order chi connectivity index (χ0) is 13.5. The average molecular weight is 270 g/mol. The van der Waals surface area contributed by atoms with Gasteiger partial charge in [0.05, 0.1) is 11.0 Å². The van der Waals surface area contributed by atoms with E-state index in [-0.39, 0.29) is 11.8 Å². The average Bonchev–Trinajstić information content (AvgIpc) is 3.06. The molecule has 1 saturated heterocycles. The van der Waals surface area contributed by atoms with E-state index < -0.39 is 0 Å². The molecule has 5 heteroatoms. The summed E-state index contributed by atoms with van der Waals surface area (Å²) < 4.78 is 2.16. The molecule has 4 rings (SSSR count). The number of aromatic nitrogens is 2. The summed E-state index contributed by atoms with van der Waals surface area (Å²) in [5, 5.41) is 3.31. The summed E-state index contributed by atoms with van der Waals surface area (Å²) in [5.41, 5.74) is 2.11. The number of imidazole rings is 1. The second-order valence-corrected chi connectivity index (χ2v) is 5.57. The quantitative estimate of drug-likeness (QED) is 0.852. The summed E-state index contributed by atoms with van der Waals surface area (Å²) in [6.45, 7) is 3.50. The number of piperidine rings is 1. The fraction of sp³-hybridized carbons (Fsp3) is 0.467. The predicted octanol–water partition coefficient (Wildman–Crippen LogP) is 1.38. The fourth-order valence-corrected chi connectivity index (χ4v) is 3.29. The zero-order valence-corrected chi connectivity index (χ0v) is 11.4. The van der Waals surface area contributed by atoms with Crippen LogP contribution in [0, 0.1) is 5.92 Å². The van der Waals surface area contributed by atoms with Crippen LogP contribution in [0.1, 0.15) is 12.8 Å². The Bertz CT molecular complexity index is 657. The normalized spacial score (nSPS) is 19.5. The van der Waals surface area contributed by atoms with E-state index >= 15 is 0 Å². The lowest BCUT2D eigenvalue weighted by molar-refractivity contribution is -0.123. The lowest BCUT2D eigenvalue weighted by atomic mass is 9.97. The first kappa shape index (κ1) is 11.9. The molecule has 1 fully saturated rings. The summed E-state index contributed by atoms with van der Waals surface area (Å²) in [6, 6.07) is 8.09. The van der Waals surface area contributed by atoms with Crippen molar-refractivity contribution in [3.63, 3.8) is 0 Å². The molecule has 0 unspecified atom stereocenters. The minimum Gasteiger partial charge on any atom is -0.317 e. The van der Waals surface area contributed by atoms with Gasteiger partial charge in [-0.1, -0.05) is 12.1 Å². The van der Waals surface area contributed by atoms with Crippen LogP contribution in [0.25, 0.3) is 11.0 Å². The molecule has 0 radical (unpaired) electrons. The Morgan fingerprint density at radius 1 is 1.20 bits per heavy atom. The number of nitrogens with zero attached hydrogens (tertiary/aromatic N) is 3. The number of benzene rings is 1. The number of fused-ring (bicyclic) bond motifs is 3. The van der Waals surface area contributed by atoms with Crippen molar-refractivity contribution in [1.29, 1.82) is 0 Å². The van der Waals surface area contributed by atoms with Crippen LogP contribution in [0.4, 0.5) is 5.95 Å². The van der Waals surface area contributed by atoms with E-state index in [2.05, 4.69) is 20.9 Å². The van der Waals surface area contributed by atoms with Crippen molar-refractivity contribution >= 4 is 22.9 Å². The maximum Gasteiger partial charge on any atom is 0.232 e. The number of hydrogen-bond acceptors (Lipinski definition) is 3. The maximum atomic E-state index is 12.7. The summed E-state index contributed by atoms with van der Waals surface area (Å²) in [4.78, 5) is 19.2. The first-order valence-corrected chi connectivity index (χ1v) is 7.32. The number of para-hydroxylation sites is 2. The minimum absolute atomic E-state index is 0.155. The summed E-state index contributed by atoms with van der Waals surface area (Å²) in [5.74, 6) is 1.23. The molecule has 2 aromatic rings. The summed E-state index contributed by atoms with van der Waals surface area (Å²) in [7, 11) is 0. The van der Waals surface area contributed by atoms with Gasteiger partial charge < -0.3 is 9.88 Å². The van der Waals surface area contributed by atoms with Gasteiger partial charge in [0.1, 0.15) is 0 Å². The fourth-order valence-electron chi connectivity index (χ4n) is 3.29. The lowest BCUT2D eigenvalue weighted by Crippen LogP contribution is -2.40. The summed E-state index contributed by atoms with van der Waals surface area (Å²) in [6.07, 6.45) is 1.88. The molecule has 1 aromatic heterocycles. The van der Waals surface area contributed by atoms with E-state index in [0.29, 0.717) is 0 Å². The van der Waals surface area contributed by atoms with Crippen LogP contribution in [0.2, 0.25) is 0 Å². The van der Waals surface area contributed by atoms with E-state index in [0.717, 1.165) is 56.0 Å². The third-order valence-corrected chi connectivity index (χ3v) is 4.38. The van der Waals surface area contributed by atoms with Gasteiger partial charge >= 0.3 is 0 Å². The SMILES string of the molecule is O=C(C1CCNCC1)N1CCn2c1nc1ccccc12. The second kappa shape index (κ2) is 4.59. The van der Waals surface area contributed by atoms with Crippen LogP contribution in [0.3, 0.4) is 0 Å². The number of carbonyl (C=O) groups is 1. The number of carbonyl (C=O) groups excluding carboxylic acids is 1. The standard InChI is InChI=1S/C15H18N4O/c20-14(11-5-7-16-8-6-11)19-10-9-18-13-4-2-1-3-12(13)17-15(18)19/h1-4,11,16H,5-10H2. The third-order valence-electron chi connectivity index (χ3n) is 4.38. The molecule has 2 aliphatic heterocycles. The highest BCUT2D eigenvalue weighted by Gasteiger charge is 2.33. The molecule has 104 valence electrons. The Kier molecular flexibility index (Phi) is 2.73. The smallest absolute Gasteiger partial charge is 0.232 e. The van der Waals surface area contributed by atoms with Crippen LogP contribution in [-0.2, 0) is 11.3 Å². The predicted molar refractivity (Wildman–Crippen MR) is 77.7 cm³/mol. The molecule has 5 nitrogen and oxygen atoms in total. The molecule has 0 aliphatic carbocycles. The van der Waals surface area contributed by atoms with Gasteiger partial charge in [-0.2, -0.15) is 0 Å². The van der Waals surface area contributed by atoms with Gasteiger partial charge in [-0.3, -0.25) is 9.69 Å². The van der Waals surface area contributed by atoms with E-state index in [1.165, 1.54) is 0 Å². The van der Waals surface area contributed by atoms with Gasteiger partial charge in [0.15, 0.2) is 0 Å². The topological polar surface area (TPSA) is 50.2 Å². The Balaban J connectivity index is 1.68. The number of rotatable bonds is 1. The van der Waals surface area contributed by atoms with E-state index in [4.69, 9.17) is 0 Å². The molecule has 1 N–H and O–H groups in total. The van der Waals surface area contributed by atoms with Gasteiger partial charge in [0.2, 0.25) is 11.9 Å². The lowest BCUT2D eigenvalue weighted by Gasteiger charge is -2.25. The second-order valence-electron chi connectivity index (χ2n) is 5.57. The minimum atomic E-state index is 0.155. The van der Waals surface area contributed by atoms with E-state index in [1.807, 2.05) is 23.1 Å². The molecule has 3 heterocycles. The Morgan fingerprint density at radius 3 is 2.85 bits per heavy atom. The van der Waals surface area contributed by atoms with Crippen LogP contribution >= 0.6 is 0 Å². The molecular formula is C15H18N4O. The number of amides is 1. The van der Waals surface area contributed by atoms with Crippen LogP contribution in [0.5, 0.6) is 0 Å². The van der Waals surface area contributed by atoms with Crippen molar-refractivity contribution in [1.82, 2.24) is 14.9 Å². The van der Waals surface area contributed by atoms with Crippen LogP contribution < -0.4 is 10.2 Å². The van der Waals surface area contributed by atoms with E-state index in [1.54, 1.807) is 0 Å². The Morgan fingerprint density at radius 2 is 2.00 bits per heavy atom. The zero-order valence-electron chi connectivity index (χ0n) is 11.4. The van der Waals surface area contributed by atoms with Crippen molar-refractivity contribution in [2.24, 2.45) is 5.92 Å². The first-order chi connectivity index (χ1) is 9.84. The van der Waals surface area contributed by atoms with Gasteiger partial charge in [0, 0.05) is 19.0 Å². The van der Waals surface area contributed by atoms with Gasteiger partial charge in [-0.15, -0.1) is 0 Å².